The van der Waals surface area contributed by atoms with Crippen molar-refractivity contribution in [3.63, 3.8) is 0 Å². The van der Waals surface area contributed by atoms with Crippen molar-refractivity contribution in [3.8, 4) is 5.75 Å². The number of rotatable bonds is 6. The zero-order valence-electron chi connectivity index (χ0n) is 16.2. The van der Waals surface area contributed by atoms with Crippen molar-refractivity contribution in [3.05, 3.63) is 64.7 Å². The van der Waals surface area contributed by atoms with Gasteiger partial charge in [0.05, 0.1) is 6.04 Å². The number of amides is 1. The lowest BCUT2D eigenvalue weighted by Crippen LogP contribution is -2.39. The Hall–Kier alpha value is -2.00. The summed E-state index contributed by atoms with van der Waals surface area (Å²) in [7, 11) is 0. The monoisotopic (exact) mass is 373 g/mol. The highest BCUT2D eigenvalue weighted by Gasteiger charge is 2.21. The quantitative estimate of drug-likeness (QED) is 0.708. The first-order valence-electron chi connectivity index (χ1n) is 9.03. The molecule has 26 heavy (non-hydrogen) atoms. The molecule has 0 saturated carbocycles. The molecule has 0 aliphatic carbocycles. The molecule has 0 aliphatic heterocycles. The zero-order chi connectivity index (χ0) is 19.3. The number of nitrogens with one attached hydrogen (secondary N) is 1. The largest absolute Gasteiger partial charge is 0.481 e. The summed E-state index contributed by atoms with van der Waals surface area (Å²) in [6, 6.07) is 15.4. The van der Waals surface area contributed by atoms with Gasteiger partial charge in [0, 0.05) is 5.02 Å². The molecule has 0 spiro atoms. The molecule has 3 nitrogen and oxygen atoms in total. The molecule has 0 aromatic heterocycles. The highest BCUT2D eigenvalue weighted by molar-refractivity contribution is 6.30. The van der Waals surface area contributed by atoms with Gasteiger partial charge in [0.1, 0.15) is 5.75 Å². The van der Waals surface area contributed by atoms with Crippen LogP contribution in [0.4, 0.5) is 0 Å². The van der Waals surface area contributed by atoms with E-state index in [0.29, 0.717) is 17.2 Å². The van der Waals surface area contributed by atoms with E-state index in [9.17, 15) is 4.79 Å². The molecule has 0 unspecified atom stereocenters. The van der Waals surface area contributed by atoms with E-state index in [-0.39, 0.29) is 17.4 Å². The van der Waals surface area contributed by atoms with Gasteiger partial charge in [-0.3, -0.25) is 4.79 Å². The Morgan fingerprint density at radius 3 is 2.35 bits per heavy atom. The highest BCUT2D eigenvalue weighted by atomic mass is 35.5. The molecule has 2 aromatic carbocycles. The smallest absolute Gasteiger partial charge is 0.261 e. The summed E-state index contributed by atoms with van der Waals surface area (Å²) < 4.78 is 5.81. The third-order valence-corrected chi connectivity index (χ3v) is 4.61. The summed E-state index contributed by atoms with van der Waals surface area (Å²) >= 11 is 5.98. The average Bonchev–Trinajstić information content (AvgIpc) is 2.59. The molecule has 0 radical (unpaired) electrons. The number of hydrogen-bond acceptors (Lipinski definition) is 2. The van der Waals surface area contributed by atoms with E-state index in [1.165, 1.54) is 5.56 Å². The Morgan fingerprint density at radius 2 is 1.81 bits per heavy atom. The second-order valence-electron chi connectivity index (χ2n) is 7.57. The van der Waals surface area contributed by atoms with Crippen molar-refractivity contribution in [2.45, 2.75) is 58.6 Å². The maximum atomic E-state index is 12.6. The number of halogens is 1. The highest BCUT2D eigenvalue weighted by Crippen LogP contribution is 2.24. The minimum absolute atomic E-state index is 0.0893. The fourth-order valence-electron chi connectivity index (χ4n) is 2.69. The summed E-state index contributed by atoms with van der Waals surface area (Å²) in [4.78, 5) is 12.6. The van der Waals surface area contributed by atoms with Gasteiger partial charge in [0.15, 0.2) is 6.10 Å². The molecule has 0 saturated heterocycles. The summed E-state index contributed by atoms with van der Waals surface area (Å²) in [5, 5.41) is 3.63. The molecule has 2 rings (SSSR count). The minimum atomic E-state index is -0.551. The van der Waals surface area contributed by atoms with Crippen LogP contribution in [0.3, 0.4) is 0 Å². The summed E-state index contributed by atoms with van der Waals surface area (Å²) in [6.45, 7) is 10.5. The first kappa shape index (κ1) is 20.3. The molecule has 2 aromatic rings. The van der Waals surface area contributed by atoms with Gasteiger partial charge in [-0.25, -0.2) is 0 Å². The summed E-state index contributed by atoms with van der Waals surface area (Å²) in [5.74, 6) is 0.474. The van der Waals surface area contributed by atoms with E-state index >= 15 is 0 Å². The normalized spacial score (nSPS) is 13.8. The van der Waals surface area contributed by atoms with Crippen molar-refractivity contribution < 1.29 is 9.53 Å². The van der Waals surface area contributed by atoms with Gasteiger partial charge in [0.2, 0.25) is 0 Å². The Balaban J connectivity index is 2.02. The van der Waals surface area contributed by atoms with Gasteiger partial charge in [-0.05, 0) is 48.1 Å². The summed E-state index contributed by atoms with van der Waals surface area (Å²) in [5.41, 5.74) is 2.46. The lowest BCUT2D eigenvalue weighted by molar-refractivity contribution is -0.128. The first-order valence-corrected chi connectivity index (χ1v) is 9.41. The van der Waals surface area contributed by atoms with E-state index < -0.39 is 6.10 Å². The van der Waals surface area contributed by atoms with Crippen LogP contribution in [0.25, 0.3) is 0 Å². The molecule has 4 heteroatoms. The topological polar surface area (TPSA) is 38.3 Å². The second kappa shape index (κ2) is 8.59. The van der Waals surface area contributed by atoms with Crippen LogP contribution in [0.15, 0.2) is 48.5 Å². The van der Waals surface area contributed by atoms with Gasteiger partial charge in [-0.2, -0.15) is 0 Å². The van der Waals surface area contributed by atoms with Crippen LogP contribution in [0.2, 0.25) is 5.02 Å². The van der Waals surface area contributed by atoms with E-state index in [2.05, 4.69) is 50.4 Å². The van der Waals surface area contributed by atoms with Gasteiger partial charge in [-0.15, -0.1) is 0 Å². The number of carbonyl (C=O) groups is 1. The van der Waals surface area contributed by atoms with Crippen LogP contribution in [-0.2, 0) is 10.2 Å². The van der Waals surface area contributed by atoms with Crippen LogP contribution >= 0.6 is 11.6 Å². The maximum absolute atomic E-state index is 12.6. The Morgan fingerprint density at radius 1 is 1.15 bits per heavy atom. The first-order chi connectivity index (χ1) is 12.2. The number of hydrogen-bond donors (Lipinski definition) is 1. The Labute approximate surface area is 161 Å². The fraction of sp³-hybridized carbons (Fsp3) is 0.409. The third kappa shape index (κ3) is 5.50. The standard InChI is InChI=1S/C22H28ClNO2/c1-6-20(26-19-9-7-8-18(23)14-19)21(25)24-15(2)16-10-12-17(13-11-16)22(3,4)5/h7-15,20H,6H2,1-5H3,(H,24,25)/t15-,20+/m1/s1. The minimum Gasteiger partial charge on any atom is -0.481 e. The summed E-state index contributed by atoms with van der Waals surface area (Å²) in [6.07, 6.45) is 0.0263. The van der Waals surface area contributed by atoms with Crippen LogP contribution in [0.5, 0.6) is 5.75 Å². The van der Waals surface area contributed by atoms with Gasteiger partial charge in [0.25, 0.3) is 5.91 Å². The van der Waals surface area contributed by atoms with E-state index in [1.807, 2.05) is 19.9 Å². The maximum Gasteiger partial charge on any atom is 0.261 e. The Kier molecular flexibility index (Phi) is 6.71. The van der Waals surface area contributed by atoms with E-state index in [0.717, 1.165) is 5.56 Å². The average molecular weight is 374 g/mol. The zero-order valence-corrected chi connectivity index (χ0v) is 16.9. The lowest BCUT2D eigenvalue weighted by atomic mass is 9.86. The van der Waals surface area contributed by atoms with Gasteiger partial charge < -0.3 is 10.1 Å². The Bertz CT molecular complexity index is 735. The molecule has 1 N–H and O–H groups in total. The van der Waals surface area contributed by atoms with Crippen molar-refractivity contribution in [2.75, 3.05) is 0 Å². The van der Waals surface area contributed by atoms with Crippen LogP contribution in [0.1, 0.15) is 58.2 Å². The van der Waals surface area contributed by atoms with Crippen molar-refractivity contribution in [2.24, 2.45) is 0 Å². The molecular formula is C22H28ClNO2. The van der Waals surface area contributed by atoms with Gasteiger partial charge in [-0.1, -0.05) is 69.6 Å². The molecule has 0 heterocycles. The lowest BCUT2D eigenvalue weighted by Gasteiger charge is -2.22. The van der Waals surface area contributed by atoms with E-state index in [1.54, 1.807) is 18.2 Å². The third-order valence-electron chi connectivity index (χ3n) is 4.37. The molecule has 1 amide bonds. The predicted octanol–water partition coefficient (Wildman–Crippen LogP) is 5.67. The molecule has 0 fully saturated rings. The molecule has 0 aliphatic rings. The van der Waals surface area contributed by atoms with Crippen LogP contribution in [-0.4, -0.2) is 12.0 Å². The van der Waals surface area contributed by atoms with Gasteiger partial charge >= 0.3 is 0 Å². The SMILES string of the molecule is CC[C@H](Oc1cccc(Cl)c1)C(=O)N[C@H](C)c1ccc(C(C)(C)C)cc1. The molecule has 0 bridgehead atoms. The van der Waals surface area contributed by atoms with E-state index in [4.69, 9.17) is 16.3 Å². The number of carbonyl (C=O) groups excluding carboxylic acids is 1. The number of ether oxygens (including phenoxy) is 1. The van der Waals surface area contributed by atoms with Crippen molar-refractivity contribution in [1.82, 2.24) is 5.32 Å². The second-order valence-corrected chi connectivity index (χ2v) is 8.01. The molecule has 2 atom stereocenters. The van der Waals surface area contributed by atoms with Crippen molar-refractivity contribution >= 4 is 17.5 Å². The van der Waals surface area contributed by atoms with Crippen LogP contribution in [0, 0.1) is 0 Å². The van der Waals surface area contributed by atoms with Crippen molar-refractivity contribution in [1.29, 1.82) is 0 Å². The van der Waals surface area contributed by atoms with Crippen LogP contribution < -0.4 is 10.1 Å². The fourth-order valence-corrected chi connectivity index (χ4v) is 2.87. The molecule has 140 valence electrons. The predicted molar refractivity (Wildman–Crippen MR) is 108 cm³/mol. The molecular weight excluding hydrogens is 346 g/mol. The number of benzene rings is 2.